The summed E-state index contributed by atoms with van der Waals surface area (Å²) in [4.78, 5) is 24.0. The number of non-ortho nitro benzene ring substituents is 1. The van der Waals surface area contributed by atoms with Gasteiger partial charge in [0.25, 0.3) is 5.69 Å². The number of benzene rings is 1. The van der Waals surface area contributed by atoms with Gasteiger partial charge in [0.15, 0.2) is 18.7 Å². The summed E-state index contributed by atoms with van der Waals surface area (Å²) in [5.74, 6) is 0. The molecule has 0 atom stereocenters. The van der Waals surface area contributed by atoms with Crippen molar-refractivity contribution in [1.82, 2.24) is 0 Å². The molecule has 5 nitrogen and oxygen atoms in total. The first-order valence-corrected chi connectivity index (χ1v) is 5.38. The maximum absolute atomic E-state index is 11.0. The van der Waals surface area contributed by atoms with Gasteiger partial charge >= 0.3 is 0 Å². The number of rotatable bonds is 4. The SMILES string of the molecule is O=Cc1cc([N+](=O)[O-])ccc1Cc1cc[nH+]cc1.[Cl-]. The number of carbonyl (C=O) groups is 1. The molecule has 98 valence electrons. The molecule has 1 N–H and O–H groups in total. The molecule has 0 fully saturated rings. The minimum atomic E-state index is -0.506. The van der Waals surface area contributed by atoms with E-state index in [4.69, 9.17) is 0 Å². The molecule has 0 spiro atoms. The summed E-state index contributed by atoms with van der Waals surface area (Å²) in [6.45, 7) is 0. The van der Waals surface area contributed by atoms with E-state index < -0.39 is 4.92 Å². The van der Waals surface area contributed by atoms with Gasteiger partial charge < -0.3 is 12.4 Å². The van der Waals surface area contributed by atoms with Crippen LogP contribution in [-0.2, 0) is 6.42 Å². The predicted molar refractivity (Wildman–Crippen MR) is 64.3 cm³/mol. The summed E-state index contributed by atoms with van der Waals surface area (Å²) < 4.78 is 0. The second-order valence-electron chi connectivity index (χ2n) is 3.84. The van der Waals surface area contributed by atoms with E-state index in [2.05, 4.69) is 4.98 Å². The number of pyridine rings is 1. The molecule has 0 amide bonds. The number of nitro groups is 1. The molecule has 19 heavy (non-hydrogen) atoms. The van der Waals surface area contributed by atoms with Gasteiger partial charge in [-0.25, -0.2) is 4.98 Å². The smallest absolute Gasteiger partial charge is 0.270 e. The monoisotopic (exact) mass is 278 g/mol. The second kappa shape index (κ2) is 6.61. The van der Waals surface area contributed by atoms with E-state index in [1.165, 1.54) is 12.1 Å². The molecule has 0 aliphatic carbocycles. The number of nitrogens with one attached hydrogen (secondary N) is 1. The van der Waals surface area contributed by atoms with Gasteiger partial charge in [0.1, 0.15) is 0 Å². The third kappa shape index (κ3) is 3.59. The summed E-state index contributed by atoms with van der Waals surface area (Å²) >= 11 is 0. The maximum atomic E-state index is 11.0. The molecule has 0 aliphatic heterocycles. The topological polar surface area (TPSA) is 74.3 Å². The summed E-state index contributed by atoms with van der Waals surface area (Å²) in [6.07, 6.45) is 4.81. The van der Waals surface area contributed by atoms with Crippen LogP contribution in [0.5, 0.6) is 0 Å². The van der Waals surface area contributed by atoms with Gasteiger partial charge in [0, 0.05) is 29.8 Å². The molecule has 2 rings (SSSR count). The van der Waals surface area contributed by atoms with Crippen LogP contribution >= 0.6 is 0 Å². The zero-order chi connectivity index (χ0) is 13.0. The third-order valence-electron chi connectivity index (χ3n) is 2.65. The highest BCUT2D eigenvalue weighted by Gasteiger charge is 2.10. The highest BCUT2D eigenvalue weighted by Crippen LogP contribution is 2.19. The molecular formula is C13H11ClN2O3. The molecule has 0 saturated heterocycles. The number of hydrogen-bond acceptors (Lipinski definition) is 3. The standard InChI is InChI=1S/C13H10N2O3.ClH/c16-9-12-8-13(15(17)18)2-1-11(12)7-10-3-5-14-6-4-10;/h1-6,8-9H,7H2;1H. The minimum absolute atomic E-state index is 0. The Morgan fingerprint density at radius 3 is 2.47 bits per heavy atom. The van der Waals surface area contributed by atoms with E-state index in [0.29, 0.717) is 18.3 Å². The number of hydrogen-bond donors (Lipinski definition) is 0. The molecule has 0 unspecified atom stereocenters. The zero-order valence-corrected chi connectivity index (χ0v) is 10.6. The Kier molecular flexibility index (Phi) is 5.14. The van der Waals surface area contributed by atoms with Gasteiger partial charge in [-0.15, -0.1) is 0 Å². The van der Waals surface area contributed by atoms with Crippen LogP contribution in [0.25, 0.3) is 0 Å². The molecule has 0 aliphatic rings. The summed E-state index contributed by atoms with van der Waals surface area (Å²) in [6, 6.07) is 8.14. The number of nitro benzene ring substituents is 1. The number of carbonyl (C=O) groups excluding carboxylic acids is 1. The van der Waals surface area contributed by atoms with Gasteiger partial charge in [0.2, 0.25) is 0 Å². The highest BCUT2D eigenvalue weighted by molar-refractivity contribution is 5.78. The predicted octanol–water partition coefficient (Wildman–Crippen LogP) is -1.18. The van der Waals surface area contributed by atoms with E-state index in [9.17, 15) is 14.9 Å². The van der Waals surface area contributed by atoms with Gasteiger partial charge in [-0.2, -0.15) is 0 Å². The lowest BCUT2D eigenvalue weighted by molar-refractivity contribution is -0.384. The van der Waals surface area contributed by atoms with Gasteiger partial charge in [0.05, 0.1) is 4.92 Å². The number of aromatic nitrogens is 1. The Hall–Kier alpha value is -2.27. The fourth-order valence-corrected chi connectivity index (χ4v) is 1.73. The summed E-state index contributed by atoms with van der Waals surface area (Å²) in [5, 5.41) is 10.6. The van der Waals surface area contributed by atoms with Crippen molar-refractivity contribution in [2.24, 2.45) is 0 Å². The highest BCUT2D eigenvalue weighted by atomic mass is 35.5. The van der Waals surface area contributed by atoms with Gasteiger partial charge in [-0.3, -0.25) is 14.9 Å². The van der Waals surface area contributed by atoms with Gasteiger partial charge in [-0.05, 0) is 17.5 Å². The minimum Gasteiger partial charge on any atom is -1.00 e. The Labute approximate surface area is 115 Å². The van der Waals surface area contributed by atoms with E-state index in [0.717, 1.165) is 11.1 Å². The zero-order valence-electron chi connectivity index (χ0n) is 9.88. The van der Waals surface area contributed by atoms with Crippen molar-refractivity contribution < 1.29 is 27.1 Å². The first kappa shape index (κ1) is 14.8. The molecular weight excluding hydrogens is 268 g/mol. The number of H-pyrrole nitrogens is 1. The maximum Gasteiger partial charge on any atom is 0.270 e. The Morgan fingerprint density at radius 1 is 1.21 bits per heavy atom. The van der Waals surface area contributed by atoms with Crippen molar-refractivity contribution in [2.45, 2.75) is 6.42 Å². The molecule has 0 bridgehead atoms. The summed E-state index contributed by atoms with van der Waals surface area (Å²) in [7, 11) is 0. The fourth-order valence-electron chi connectivity index (χ4n) is 1.73. The average molecular weight is 279 g/mol. The van der Waals surface area contributed by atoms with E-state index in [1.54, 1.807) is 18.5 Å². The summed E-state index contributed by atoms with van der Waals surface area (Å²) in [5.41, 5.74) is 2.10. The van der Waals surface area contributed by atoms with Crippen LogP contribution in [-0.4, -0.2) is 11.2 Å². The number of aldehydes is 1. The van der Waals surface area contributed by atoms with Crippen molar-refractivity contribution in [1.29, 1.82) is 0 Å². The molecule has 6 heteroatoms. The normalized spacial score (nSPS) is 9.47. The lowest BCUT2D eigenvalue weighted by atomic mass is 10.0. The fraction of sp³-hybridized carbons (Fsp3) is 0.0769. The largest absolute Gasteiger partial charge is 1.00 e. The molecule has 0 radical (unpaired) electrons. The van der Waals surface area contributed by atoms with Gasteiger partial charge in [-0.1, -0.05) is 6.07 Å². The van der Waals surface area contributed by atoms with Crippen LogP contribution in [0.1, 0.15) is 21.5 Å². The van der Waals surface area contributed by atoms with Crippen LogP contribution in [0, 0.1) is 10.1 Å². The molecule has 2 aromatic rings. The number of nitrogens with zero attached hydrogens (tertiary/aromatic N) is 1. The Morgan fingerprint density at radius 2 is 1.89 bits per heavy atom. The van der Waals surface area contributed by atoms with Crippen molar-refractivity contribution in [3.8, 4) is 0 Å². The second-order valence-corrected chi connectivity index (χ2v) is 3.84. The van der Waals surface area contributed by atoms with E-state index in [-0.39, 0.29) is 18.1 Å². The first-order valence-electron chi connectivity index (χ1n) is 5.38. The van der Waals surface area contributed by atoms with Crippen LogP contribution in [0.2, 0.25) is 0 Å². The quantitative estimate of drug-likeness (QED) is 0.401. The molecule has 1 aromatic carbocycles. The molecule has 1 heterocycles. The average Bonchev–Trinajstić information content (AvgIpc) is 2.40. The van der Waals surface area contributed by atoms with Crippen LogP contribution in [0.3, 0.4) is 0 Å². The molecule has 1 aromatic heterocycles. The van der Waals surface area contributed by atoms with Crippen LogP contribution in [0.4, 0.5) is 5.69 Å². The van der Waals surface area contributed by atoms with Crippen molar-refractivity contribution in [2.75, 3.05) is 0 Å². The third-order valence-corrected chi connectivity index (χ3v) is 2.65. The number of halogens is 1. The Balaban J connectivity index is 0.00000180. The van der Waals surface area contributed by atoms with Crippen LogP contribution in [0.15, 0.2) is 42.7 Å². The van der Waals surface area contributed by atoms with Crippen LogP contribution < -0.4 is 17.4 Å². The van der Waals surface area contributed by atoms with E-state index in [1.807, 2.05) is 12.1 Å². The number of aromatic amines is 1. The van der Waals surface area contributed by atoms with Crippen molar-refractivity contribution >= 4 is 12.0 Å². The van der Waals surface area contributed by atoms with E-state index >= 15 is 0 Å². The first-order chi connectivity index (χ1) is 8.70. The Bertz CT molecular complexity index is 588. The lowest BCUT2D eigenvalue weighted by Gasteiger charge is -2.03. The van der Waals surface area contributed by atoms with Crippen molar-refractivity contribution in [3.05, 3.63) is 69.5 Å². The van der Waals surface area contributed by atoms with Crippen molar-refractivity contribution in [3.63, 3.8) is 0 Å². The lowest BCUT2D eigenvalue weighted by Crippen LogP contribution is -3.00. The molecule has 0 saturated carbocycles.